The third kappa shape index (κ3) is 2.61. The number of benzene rings is 3. The van der Waals surface area contributed by atoms with Crippen LogP contribution in [-0.2, 0) is 6.54 Å². The molecule has 1 aromatic heterocycles. The molecule has 2 nitrogen and oxygen atoms in total. The van der Waals surface area contributed by atoms with Crippen LogP contribution >= 0.6 is 0 Å². The van der Waals surface area contributed by atoms with E-state index < -0.39 is 0 Å². The number of halogens is 1. The van der Waals surface area contributed by atoms with Crippen molar-refractivity contribution in [3.8, 4) is 5.69 Å². The van der Waals surface area contributed by atoms with Gasteiger partial charge in [0.25, 0.3) is 0 Å². The summed E-state index contributed by atoms with van der Waals surface area (Å²) < 4.78 is 17.5. The summed E-state index contributed by atoms with van der Waals surface area (Å²) in [5.74, 6) is -0.203. The first-order valence-electron chi connectivity index (χ1n) is 7.61. The molecule has 1 heterocycles. The lowest BCUT2D eigenvalue weighted by molar-refractivity contribution is -0.662. The second-order valence-electron chi connectivity index (χ2n) is 5.56. The number of para-hydroxylation sites is 3. The van der Waals surface area contributed by atoms with Crippen LogP contribution in [0.5, 0.6) is 0 Å². The lowest BCUT2D eigenvalue weighted by atomic mass is 10.2. The van der Waals surface area contributed by atoms with Crippen molar-refractivity contribution < 1.29 is 8.96 Å². The van der Waals surface area contributed by atoms with Crippen molar-refractivity contribution in [3.05, 3.63) is 96.6 Å². The maximum atomic E-state index is 13.1. The van der Waals surface area contributed by atoms with Crippen LogP contribution < -0.4 is 4.57 Å². The van der Waals surface area contributed by atoms with Crippen LogP contribution in [0.3, 0.4) is 0 Å². The average Bonchev–Trinajstić information content (AvgIpc) is 2.97. The van der Waals surface area contributed by atoms with Crippen molar-refractivity contribution in [2.75, 3.05) is 0 Å². The third-order valence-electron chi connectivity index (χ3n) is 4.01. The van der Waals surface area contributed by atoms with Crippen LogP contribution in [0.2, 0.25) is 0 Å². The minimum Gasteiger partial charge on any atom is -0.225 e. The highest BCUT2D eigenvalue weighted by molar-refractivity contribution is 5.74. The van der Waals surface area contributed by atoms with Crippen molar-refractivity contribution in [2.24, 2.45) is 0 Å². The molecular formula is C20H16FN2+. The van der Waals surface area contributed by atoms with Crippen LogP contribution in [0, 0.1) is 5.82 Å². The minimum absolute atomic E-state index is 0.203. The fourth-order valence-electron chi connectivity index (χ4n) is 2.88. The predicted octanol–water partition coefficient (Wildman–Crippen LogP) is 4.11. The van der Waals surface area contributed by atoms with Gasteiger partial charge in [-0.2, -0.15) is 4.57 Å². The van der Waals surface area contributed by atoms with Crippen LogP contribution in [0.15, 0.2) is 85.2 Å². The Morgan fingerprint density at radius 1 is 0.783 bits per heavy atom. The highest BCUT2D eigenvalue weighted by Gasteiger charge is 2.16. The molecule has 0 N–H and O–H groups in total. The highest BCUT2D eigenvalue weighted by atomic mass is 19.1. The van der Waals surface area contributed by atoms with Gasteiger partial charge in [-0.15, -0.1) is 0 Å². The van der Waals surface area contributed by atoms with Crippen molar-refractivity contribution in [3.63, 3.8) is 0 Å². The molecule has 0 spiro atoms. The van der Waals surface area contributed by atoms with Crippen molar-refractivity contribution in [1.29, 1.82) is 0 Å². The molecule has 4 aromatic rings. The molecule has 112 valence electrons. The standard InChI is InChI=1S/C20H16FN2/c21-17-12-10-16(11-13-17)14-22-15-23(18-6-2-1-3-7-18)20-9-5-4-8-19(20)22/h1-13,15H,14H2/q+1. The van der Waals surface area contributed by atoms with Gasteiger partial charge < -0.3 is 0 Å². The van der Waals surface area contributed by atoms with E-state index in [9.17, 15) is 4.39 Å². The van der Waals surface area contributed by atoms with Gasteiger partial charge in [-0.3, -0.25) is 0 Å². The molecule has 0 saturated heterocycles. The first-order chi connectivity index (χ1) is 11.3. The molecule has 4 rings (SSSR count). The van der Waals surface area contributed by atoms with Crippen molar-refractivity contribution in [1.82, 2.24) is 4.57 Å². The monoisotopic (exact) mass is 303 g/mol. The van der Waals surface area contributed by atoms with E-state index in [1.165, 1.54) is 12.1 Å². The van der Waals surface area contributed by atoms with E-state index >= 15 is 0 Å². The number of rotatable bonds is 3. The molecule has 0 bridgehead atoms. The largest absolute Gasteiger partial charge is 0.250 e. The molecule has 0 amide bonds. The average molecular weight is 303 g/mol. The molecule has 0 aliphatic carbocycles. The lowest BCUT2D eigenvalue weighted by Crippen LogP contribution is -2.32. The van der Waals surface area contributed by atoms with E-state index in [0.717, 1.165) is 22.3 Å². The quantitative estimate of drug-likeness (QED) is 0.504. The SMILES string of the molecule is Fc1ccc(C[n+]2cn(-c3ccccc3)c3ccccc32)cc1. The lowest BCUT2D eigenvalue weighted by Gasteiger charge is -1.98. The van der Waals surface area contributed by atoms with E-state index in [1.807, 2.05) is 42.5 Å². The number of fused-ring (bicyclic) bond motifs is 1. The number of hydrogen-bond donors (Lipinski definition) is 0. The number of hydrogen-bond acceptors (Lipinski definition) is 0. The van der Waals surface area contributed by atoms with Crippen molar-refractivity contribution in [2.45, 2.75) is 6.54 Å². The number of imidazole rings is 1. The minimum atomic E-state index is -0.203. The van der Waals surface area contributed by atoms with Gasteiger partial charge in [0.05, 0.1) is 0 Å². The molecule has 3 aromatic carbocycles. The molecule has 0 saturated carbocycles. The highest BCUT2D eigenvalue weighted by Crippen LogP contribution is 2.17. The summed E-state index contributed by atoms with van der Waals surface area (Å²) in [5.41, 5.74) is 4.51. The topological polar surface area (TPSA) is 8.81 Å². The second-order valence-corrected chi connectivity index (χ2v) is 5.56. The molecule has 0 radical (unpaired) electrons. The molecular weight excluding hydrogens is 287 g/mol. The Bertz CT molecular complexity index is 940. The summed E-state index contributed by atoms with van der Waals surface area (Å²) in [7, 11) is 0. The van der Waals surface area contributed by atoms with Crippen LogP contribution in [0.4, 0.5) is 4.39 Å². The molecule has 0 aliphatic heterocycles. The summed E-state index contributed by atoms with van der Waals surface area (Å²) in [6.45, 7) is 0.709. The van der Waals surface area contributed by atoms with E-state index in [0.29, 0.717) is 6.54 Å². The van der Waals surface area contributed by atoms with Gasteiger partial charge in [-0.05, 0) is 42.0 Å². The van der Waals surface area contributed by atoms with Gasteiger partial charge in [-0.1, -0.05) is 42.5 Å². The smallest absolute Gasteiger partial charge is 0.225 e. The van der Waals surface area contributed by atoms with Crippen LogP contribution in [-0.4, -0.2) is 4.57 Å². The zero-order valence-corrected chi connectivity index (χ0v) is 12.6. The summed E-state index contributed by atoms with van der Waals surface area (Å²) in [4.78, 5) is 0. The van der Waals surface area contributed by atoms with E-state index in [4.69, 9.17) is 0 Å². The van der Waals surface area contributed by atoms with E-state index in [2.05, 4.69) is 39.7 Å². The molecule has 3 heteroatoms. The zero-order valence-electron chi connectivity index (χ0n) is 12.6. The van der Waals surface area contributed by atoms with Gasteiger partial charge in [0.2, 0.25) is 6.33 Å². The predicted molar refractivity (Wildman–Crippen MR) is 89.0 cm³/mol. The van der Waals surface area contributed by atoms with Crippen LogP contribution in [0.25, 0.3) is 16.7 Å². The van der Waals surface area contributed by atoms with E-state index in [-0.39, 0.29) is 5.82 Å². The zero-order chi connectivity index (χ0) is 15.6. The molecule has 0 aliphatic rings. The Labute approximate surface area is 134 Å². The Balaban J connectivity index is 1.83. The number of aromatic nitrogens is 2. The maximum absolute atomic E-state index is 13.1. The third-order valence-corrected chi connectivity index (χ3v) is 4.01. The number of nitrogens with zero attached hydrogens (tertiary/aromatic N) is 2. The summed E-state index contributed by atoms with van der Waals surface area (Å²) in [6, 6.07) is 25.3. The fraction of sp³-hybridized carbons (Fsp3) is 0.0500. The van der Waals surface area contributed by atoms with Gasteiger partial charge >= 0.3 is 0 Å². The summed E-state index contributed by atoms with van der Waals surface area (Å²) in [5, 5.41) is 0. The van der Waals surface area contributed by atoms with Gasteiger partial charge in [0.15, 0.2) is 11.0 Å². The normalized spacial score (nSPS) is 11.0. The van der Waals surface area contributed by atoms with E-state index in [1.54, 1.807) is 0 Å². The summed E-state index contributed by atoms with van der Waals surface area (Å²) >= 11 is 0. The molecule has 0 fully saturated rings. The second kappa shape index (κ2) is 5.69. The first-order valence-corrected chi connectivity index (χ1v) is 7.61. The summed E-state index contributed by atoms with van der Waals surface area (Å²) in [6.07, 6.45) is 2.10. The Morgan fingerprint density at radius 2 is 1.48 bits per heavy atom. The Kier molecular flexibility index (Phi) is 3.39. The maximum Gasteiger partial charge on any atom is 0.250 e. The Morgan fingerprint density at radius 3 is 2.26 bits per heavy atom. The van der Waals surface area contributed by atoms with Gasteiger partial charge in [0, 0.05) is 0 Å². The van der Waals surface area contributed by atoms with Crippen LogP contribution in [0.1, 0.15) is 5.56 Å². The van der Waals surface area contributed by atoms with Crippen molar-refractivity contribution >= 4 is 11.0 Å². The molecule has 0 unspecified atom stereocenters. The van der Waals surface area contributed by atoms with Gasteiger partial charge in [-0.25, -0.2) is 8.96 Å². The fourth-order valence-corrected chi connectivity index (χ4v) is 2.88. The Hall–Kier alpha value is -2.94. The first kappa shape index (κ1) is 13.7. The van der Waals surface area contributed by atoms with Gasteiger partial charge in [0.1, 0.15) is 18.0 Å². The molecule has 0 atom stereocenters. The molecule has 23 heavy (non-hydrogen) atoms.